The molecule has 2 aromatic rings. The van der Waals surface area contributed by atoms with Crippen LogP contribution >= 0.6 is 0 Å². The van der Waals surface area contributed by atoms with Gasteiger partial charge in [-0.1, -0.05) is 18.2 Å². The summed E-state index contributed by atoms with van der Waals surface area (Å²) in [6.45, 7) is 8.39. The lowest BCUT2D eigenvalue weighted by molar-refractivity contribution is -0.118. The third-order valence-electron chi connectivity index (χ3n) is 3.62. The van der Waals surface area contributed by atoms with E-state index in [9.17, 15) is 9.18 Å². The molecule has 1 aromatic carbocycles. The topological polar surface area (TPSA) is 58.8 Å². The second-order valence-corrected chi connectivity index (χ2v) is 5.23. The number of carbonyl (C=O) groups excluding carboxylic acids is 1. The number of piperazine rings is 1. The summed E-state index contributed by atoms with van der Waals surface area (Å²) in [5.41, 5.74) is 0.585. The Labute approximate surface area is 138 Å². The van der Waals surface area contributed by atoms with E-state index in [1.54, 1.807) is 23.1 Å². The van der Waals surface area contributed by atoms with Crippen LogP contribution in [0.1, 0.15) is 5.56 Å². The number of hydrogen-bond acceptors (Lipinski definition) is 4. The minimum absolute atomic E-state index is 0.00390. The number of ether oxygens (including phenoxy) is 1. The average molecular weight is 326 g/mol. The first-order chi connectivity index (χ1) is 11.7. The first-order valence-electron chi connectivity index (χ1n) is 7.44. The number of carbonyl (C=O) groups is 1. The van der Waals surface area contributed by atoms with Gasteiger partial charge >= 0.3 is 0 Å². The molecule has 122 valence electrons. The number of aromatic nitrogens is 1. The molecular formula is C17H15FN4O2. The van der Waals surface area contributed by atoms with Gasteiger partial charge in [-0.25, -0.2) is 9.24 Å². The number of halogens is 1. The standard InChI is InChI=1S/C17H15FN4O2/c1-19-13-6-5-12(14(18)9-13)11-24-16-4-2-3-15(21-16)22-8-7-20-10-17(22)23/h2-6,9,20H,7-8,10-11H2. The van der Waals surface area contributed by atoms with Gasteiger partial charge in [-0.05, 0) is 12.1 Å². The van der Waals surface area contributed by atoms with Gasteiger partial charge in [-0.15, -0.1) is 0 Å². The molecule has 1 aliphatic heterocycles. The number of rotatable bonds is 4. The number of hydrogen-bond donors (Lipinski definition) is 1. The highest BCUT2D eigenvalue weighted by Gasteiger charge is 2.20. The van der Waals surface area contributed by atoms with Crippen molar-refractivity contribution in [3.8, 4) is 5.88 Å². The van der Waals surface area contributed by atoms with E-state index < -0.39 is 5.82 Å². The smallest absolute Gasteiger partial charge is 0.242 e. The van der Waals surface area contributed by atoms with Crippen LogP contribution in [0.2, 0.25) is 0 Å². The maximum atomic E-state index is 13.9. The Hall–Kier alpha value is -2.98. The largest absolute Gasteiger partial charge is 0.473 e. The van der Waals surface area contributed by atoms with Crippen molar-refractivity contribution in [3.63, 3.8) is 0 Å². The Bertz CT molecular complexity index is 803. The predicted molar refractivity (Wildman–Crippen MR) is 86.5 cm³/mol. The van der Waals surface area contributed by atoms with Crippen LogP contribution in [0.4, 0.5) is 15.9 Å². The summed E-state index contributed by atoms with van der Waals surface area (Å²) >= 11 is 0. The summed E-state index contributed by atoms with van der Waals surface area (Å²) in [6.07, 6.45) is 0. The zero-order chi connectivity index (χ0) is 16.9. The van der Waals surface area contributed by atoms with Crippen molar-refractivity contribution in [1.29, 1.82) is 0 Å². The van der Waals surface area contributed by atoms with E-state index in [4.69, 9.17) is 11.3 Å². The molecule has 0 unspecified atom stereocenters. The molecule has 0 spiro atoms. The van der Waals surface area contributed by atoms with E-state index in [1.165, 1.54) is 18.2 Å². The number of anilines is 1. The van der Waals surface area contributed by atoms with Gasteiger partial charge < -0.3 is 10.1 Å². The molecule has 0 bridgehead atoms. The van der Waals surface area contributed by atoms with Crippen molar-refractivity contribution in [2.45, 2.75) is 6.61 Å². The molecule has 1 aliphatic rings. The number of amides is 1. The lowest BCUT2D eigenvalue weighted by Gasteiger charge is -2.26. The quantitative estimate of drug-likeness (QED) is 0.876. The molecule has 0 aliphatic carbocycles. The van der Waals surface area contributed by atoms with Gasteiger partial charge in [0.1, 0.15) is 18.2 Å². The van der Waals surface area contributed by atoms with Crippen LogP contribution in [0.15, 0.2) is 36.4 Å². The van der Waals surface area contributed by atoms with Crippen LogP contribution in [-0.2, 0) is 11.4 Å². The van der Waals surface area contributed by atoms with E-state index in [0.29, 0.717) is 30.4 Å². The number of pyridine rings is 1. The third-order valence-corrected chi connectivity index (χ3v) is 3.62. The van der Waals surface area contributed by atoms with Crippen molar-refractivity contribution < 1.29 is 13.9 Å². The molecule has 1 fully saturated rings. The lowest BCUT2D eigenvalue weighted by Crippen LogP contribution is -2.48. The molecule has 1 aromatic heterocycles. The van der Waals surface area contributed by atoms with E-state index in [1.807, 2.05) is 0 Å². The highest BCUT2D eigenvalue weighted by atomic mass is 19.1. The zero-order valence-corrected chi connectivity index (χ0v) is 12.8. The molecule has 1 saturated heterocycles. The Morgan fingerprint density at radius 2 is 2.25 bits per heavy atom. The Morgan fingerprint density at radius 3 is 3.00 bits per heavy atom. The number of nitrogens with zero attached hydrogens (tertiary/aromatic N) is 3. The van der Waals surface area contributed by atoms with Crippen LogP contribution < -0.4 is 15.0 Å². The zero-order valence-electron chi connectivity index (χ0n) is 12.8. The molecule has 3 rings (SSSR count). The predicted octanol–water partition coefficient (Wildman–Crippen LogP) is 2.29. The van der Waals surface area contributed by atoms with Gasteiger partial charge in [0.2, 0.25) is 11.8 Å². The van der Waals surface area contributed by atoms with Crippen molar-refractivity contribution >= 4 is 17.4 Å². The first kappa shape index (κ1) is 15.9. The molecule has 0 atom stereocenters. The molecule has 1 amide bonds. The van der Waals surface area contributed by atoms with Gasteiger partial charge in [-0.2, -0.15) is 4.98 Å². The Morgan fingerprint density at radius 1 is 1.38 bits per heavy atom. The van der Waals surface area contributed by atoms with Gasteiger partial charge in [-0.3, -0.25) is 9.69 Å². The van der Waals surface area contributed by atoms with Crippen LogP contribution in [0.25, 0.3) is 4.85 Å². The van der Waals surface area contributed by atoms with Crippen molar-refractivity contribution in [1.82, 2.24) is 10.3 Å². The highest BCUT2D eigenvalue weighted by molar-refractivity contribution is 5.94. The number of benzene rings is 1. The summed E-state index contributed by atoms with van der Waals surface area (Å²) in [4.78, 5) is 21.0. The van der Waals surface area contributed by atoms with E-state index in [-0.39, 0.29) is 24.7 Å². The van der Waals surface area contributed by atoms with Gasteiger partial charge in [0.15, 0.2) is 5.69 Å². The minimum Gasteiger partial charge on any atom is -0.473 e. The summed E-state index contributed by atoms with van der Waals surface area (Å²) in [6, 6.07) is 9.37. The Kier molecular flexibility index (Phi) is 4.68. The fourth-order valence-corrected chi connectivity index (χ4v) is 2.36. The summed E-state index contributed by atoms with van der Waals surface area (Å²) in [5, 5.41) is 3.00. The molecule has 0 radical (unpaired) electrons. The summed E-state index contributed by atoms with van der Waals surface area (Å²) in [7, 11) is 0. The van der Waals surface area contributed by atoms with Gasteiger partial charge in [0.05, 0.1) is 13.1 Å². The van der Waals surface area contributed by atoms with Gasteiger partial charge in [0.25, 0.3) is 0 Å². The molecule has 6 nitrogen and oxygen atoms in total. The van der Waals surface area contributed by atoms with Crippen LogP contribution in [0, 0.1) is 12.4 Å². The van der Waals surface area contributed by atoms with Crippen molar-refractivity contribution in [3.05, 3.63) is 59.2 Å². The normalized spacial score (nSPS) is 14.3. The van der Waals surface area contributed by atoms with E-state index >= 15 is 0 Å². The minimum atomic E-state index is -0.489. The van der Waals surface area contributed by atoms with Crippen LogP contribution in [-0.4, -0.2) is 30.5 Å². The molecule has 24 heavy (non-hydrogen) atoms. The monoisotopic (exact) mass is 326 g/mol. The van der Waals surface area contributed by atoms with E-state index in [2.05, 4.69) is 15.1 Å². The maximum absolute atomic E-state index is 13.9. The third kappa shape index (κ3) is 3.50. The average Bonchev–Trinajstić information content (AvgIpc) is 2.61. The first-order valence-corrected chi connectivity index (χ1v) is 7.44. The van der Waals surface area contributed by atoms with Crippen LogP contribution in [0.5, 0.6) is 5.88 Å². The second kappa shape index (κ2) is 7.06. The Balaban J connectivity index is 1.71. The summed E-state index contributed by atoms with van der Waals surface area (Å²) < 4.78 is 19.4. The van der Waals surface area contributed by atoms with Crippen molar-refractivity contribution in [2.75, 3.05) is 24.5 Å². The van der Waals surface area contributed by atoms with Crippen LogP contribution in [0.3, 0.4) is 0 Å². The van der Waals surface area contributed by atoms with E-state index in [0.717, 1.165) is 0 Å². The number of nitrogens with one attached hydrogen (secondary N) is 1. The second-order valence-electron chi connectivity index (χ2n) is 5.23. The maximum Gasteiger partial charge on any atom is 0.242 e. The molecular weight excluding hydrogens is 311 g/mol. The lowest BCUT2D eigenvalue weighted by atomic mass is 10.2. The molecule has 1 N–H and O–H groups in total. The fraction of sp³-hybridized carbons (Fsp3) is 0.235. The molecule has 7 heteroatoms. The highest BCUT2D eigenvalue weighted by Crippen LogP contribution is 2.20. The molecule has 2 heterocycles. The SMILES string of the molecule is [C-]#[N+]c1ccc(COc2cccc(N3CCNCC3=O)n2)c(F)c1. The fourth-order valence-electron chi connectivity index (χ4n) is 2.36. The summed E-state index contributed by atoms with van der Waals surface area (Å²) in [5.74, 6) is 0.291. The van der Waals surface area contributed by atoms with Crippen molar-refractivity contribution in [2.24, 2.45) is 0 Å². The molecule has 0 saturated carbocycles. The van der Waals surface area contributed by atoms with Gasteiger partial charge in [0, 0.05) is 24.7 Å².